The first-order valence-electron chi connectivity index (χ1n) is 7.92. The maximum absolute atomic E-state index is 13.3. The van der Waals surface area contributed by atoms with Gasteiger partial charge in [-0.05, 0) is 56.8 Å². The summed E-state index contributed by atoms with van der Waals surface area (Å²) in [4.78, 5) is 14.8. The number of halogens is 2. The molecular weight excluding hydrogens is 303 g/mol. The van der Waals surface area contributed by atoms with Gasteiger partial charge in [0.05, 0.1) is 0 Å². The van der Waals surface area contributed by atoms with E-state index in [1.54, 1.807) is 6.07 Å². The van der Waals surface area contributed by atoms with Crippen molar-refractivity contribution in [3.8, 4) is 0 Å². The van der Waals surface area contributed by atoms with Crippen molar-refractivity contribution in [2.45, 2.75) is 51.2 Å². The highest BCUT2D eigenvalue weighted by atomic mass is 35.5. The Morgan fingerprint density at radius 3 is 2.77 bits per heavy atom. The van der Waals surface area contributed by atoms with Crippen molar-refractivity contribution in [1.29, 1.82) is 0 Å². The lowest BCUT2D eigenvalue weighted by Gasteiger charge is -2.32. The van der Waals surface area contributed by atoms with E-state index in [0.29, 0.717) is 18.6 Å². The Hall–Kier alpha value is -1.13. The minimum Gasteiger partial charge on any atom is -0.335 e. The second-order valence-electron chi connectivity index (χ2n) is 6.40. The lowest BCUT2D eigenvalue weighted by molar-refractivity contribution is -0.138. The number of hydrogen-bond donors (Lipinski definition) is 1. The predicted octanol–water partition coefficient (Wildman–Crippen LogP) is 3.13. The fourth-order valence-corrected chi connectivity index (χ4v) is 3.20. The van der Waals surface area contributed by atoms with Crippen molar-refractivity contribution in [1.82, 2.24) is 10.2 Å². The molecule has 2 aliphatic rings. The SMILES string of the molecule is C[C@H]1C[C@@H](C(=O)N(Cc2cccc(F)c2)C2CC2)CCN1.Cl. The van der Waals surface area contributed by atoms with Gasteiger partial charge in [-0.25, -0.2) is 4.39 Å². The summed E-state index contributed by atoms with van der Waals surface area (Å²) in [5, 5.41) is 3.39. The number of carbonyl (C=O) groups excluding carboxylic acids is 1. The molecule has 1 heterocycles. The monoisotopic (exact) mass is 326 g/mol. The van der Waals surface area contributed by atoms with E-state index in [9.17, 15) is 9.18 Å². The van der Waals surface area contributed by atoms with Crippen LogP contribution in [-0.4, -0.2) is 29.4 Å². The molecular formula is C17H24ClFN2O. The fourth-order valence-electron chi connectivity index (χ4n) is 3.20. The quantitative estimate of drug-likeness (QED) is 0.922. The van der Waals surface area contributed by atoms with Crippen molar-refractivity contribution < 1.29 is 9.18 Å². The van der Waals surface area contributed by atoms with Gasteiger partial charge in [-0.2, -0.15) is 0 Å². The first-order chi connectivity index (χ1) is 10.1. The van der Waals surface area contributed by atoms with Gasteiger partial charge in [0, 0.05) is 24.5 Å². The molecule has 1 saturated heterocycles. The lowest BCUT2D eigenvalue weighted by Crippen LogP contribution is -2.44. The third-order valence-corrected chi connectivity index (χ3v) is 4.49. The van der Waals surface area contributed by atoms with E-state index in [4.69, 9.17) is 0 Å². The first-order valence-corrected chi connectivity index (χ1v) is 7.92. The number of piperidine rings is 1. The number of nitrogens with one attached hydrogen (secondary N) is 1. The highest BCUT2D eigenvalue weighted by molar-refractivity contribution is 5.85. The molecule has 1 aliphatic heterocycles. The minimum absolute atomic E-state index is 0. The Morgan fingerprint density at radius 2 is 2.14 bits per heavy atom. The standard InChI is InChI=1S/C17H23FN2O.ClH/c1-12-9-14(7-8-19-12)17(21)20(16-5-6-16)11-13-3-2-4-15(18)10-13;/h2-4,10,12,14,16,19H,5-9,11H2,1H3;1H/t12-,14-;/m0./s1. The third-order valence-electron chi connectivity index (χ3n) is 4.49. The zero-order valence-corrected chi connectivity index (χ0v) is 13.7. The van der Waals surface area contributed by atoms with E-state index in [0.717, 1.165) is 37.8 Å². The molecule has 0 unspecified atom stereocenters. The van der Waals surface area contributed by atoms with Gasteiger partial charge < -0.3 is 10.2 Å². The molecule has 3 nitrogen and oxygen atoms in total. The highest BCUT2D eigenvalue weighted by Crippen LogP contribution is 2.31. The normalized spacial score (nSPS) is 24.5. The average molecular weight is 327 g/mol. The molecule has 1 aromatic carbocycles. The van der Waals surface area contributed by atoms with E-state index in [1.165, 1.54) is 12.1 Å². The minimum atomic E-state index is -0.230. The van der Waals surface area contributed by atoms with Gasteiger partial charge in [-0.1, -0.05) is 12.1 Å². The number of amides is 1. The van der Waals surface area contributed by atoms with E-state index in [-0.39, 0.29) is 30.0 Å². The number of nitrogens with zero attached hydrogens (tertiary/aromatic N) is 1. The summed E-state index contributed by atoms with van der Waals surface area (Å²) in [7, 11) is 0. The smallest absolute Gasteiger partial charge is 0.226 e. The van der Waals surface area contributed by atoms with E-state index < -0.39 is 0 Å². The van der Waals surface area contributed by atoms with E-state index >= 15 is 0 Å². The molecule has 2 atom stereocenters. The van der Waals surface area contributed by atoms with Gasteiger partial charge in [-0.15, -0.1) is 12.4 Å². The van der Waals surface area contributed by atoms with Crippen molar-refractivity contribution in [3.05, 3.63) is 35.6 Å². The Labute approximate surface area is 137 Å². The van der Waals surface area contributed by atoms with Crippen molar-refractivity contribution in [3.63, 3.8) is 0 Å². The van der Waals surface area contributed by atoms with Crippen LogP contribution in [0.25, 0.3) is 0 Å². The largest absolute Gasteiger partial charge is 0.335 e. The summed E-state index contributed by atoms with van der Waals surface area (Å²) in [6.45, 7) is 3.59. The van der Waals surface area contributed by atoms with Crippen LogP contribution >= 0.6 is 12.4 Å². The number of benzene rings is 1. The van der Waals surface area contributed by atoms with Crippen LogP contribution in [0.2, 0.25) is 0 Å². The van der Waals surface area contributed by atoms with Crippen LogP contribution in [0.1, 0.15) is 38.2 Å². The lowest BCUT2D eigenvalue weighted by atomic mass is 9.91. The second kappa shape index (κ2) is 7.42. The zero-order chi connectivity index (χ0) is 14.8. The Bertz CT molecular complexity index is 521. The Morgan fingerprint density at radius 1 is 1.36 bits per heavy atom. The molecule has 1 saturated carbocycles. The Balaban J connectivity index is 0.00000176. The number of carbonyl (C=O) groups is 1. The third kappa shape index (κ3) is 4.20. The van der Waals surface area contributed by atoms with Gasteiger partial charge in [-0.3, -0.25) is 4.79 Å². The first kappa shape index (κ1) is 17.2. The van der Waals surface area contributed by atoms with Crippen LogP contribution in [0.5, 0.6) is 0 Å². The van der Waals surface area contributed by atoms with E-state index in [2.05, 4.69) is 12.2 Å². The summed E-state index contributed by atoms with van der Waals surface area (Å²) in [5.41, 5.74) is 0.886. The fraction of sp³-hybridized carbons (Fsp3) is 0.588. The molecule has 1 N–H and O–H groups in total. The molecule has 0 aromatic heterocycles. The van der Waals surface area contributed by atoms with Crippen LogP contribution in [0.3, 0.4) is 0 Å². The molecule has 0 bridgehead atoms. The van der Waals surface area contributed by atoms with Gasteiger partial charge in [0.1, 0.15) is 5.82 Å². The van der Waals surface area contributed by atoms with Crippen LogP contribution in [-0.2, 0) is 11.3 Å². The molecule has 122 valence electrons. The molecule has 1 aromatic rings. The van der Waals surface area contributed by atoms with Gasteiger partial charge in [0.25, 0.3) is 0 Å². The number of hydrogen-bond acceptors (Lipinski definition) is 2. The summed E-state index contributed by atoms with van der Waals surface area (Å²) in [5.74, 6) is 0.150. The van der Waals surface area contributed by atoms with Gasteiger partial charge in [0.15, 0.2) is 0 Å². The summed E-state index contributed by atoms with van der Waals surface area (Å²) < 4.78 is 13.3. The van der Waals surface area contributed by atoms with Crippen LogP contribution in [0.4, 0.5) is 4.39 Å². The van der Waals surface area contributed by atoms with E-state index in [1.807, 2.05) is 11.0 Å². The Kier molecular flexibility index (Phi) is 5.81. The average Bonchev–Trinajstić information content (AvgIpc) is 3.29. The molecule has 0 spiro atoms. The topological polar surface area (TPSA) is 32.3 Å². The molecule has 1 aliphatic carbocycles. The van der Waals surface area contributed by atoms with Crippen LogP contribution in [0.15, 0.2) is 24.3 Å². The zero-order valence-electron chi connectivity index (χ0n) is 12.9. The second-order valence-corrected chi connectivity index (χ2v) is 6.40. The molecule has 22 heavy (non-hydrogen) atoms. The predicted molar refractivity (Wildman–Crippen MR) is 87.4 cm³/mol. The van der Waals surface area contributed by atoms with Crippen LogP contribution < -0.4 is 5.32 Å². The summed E-state index contributed by atoms with van der Waals surface area (Å²) >= 11 is 0. The molecule has 5 heteroatoms. The van der Waals surface area contributed by atoms with Gasteiger partial charge >= 0.3 is 0 Å². The molecule has 0 radical (unpaired) electrons. The van der Waals surface area contributed by atoms with Gasteiger partial charge in [0.2, 0.25) is 5.91 Å². The summed E-state index contributed by atoms with van der Waals surface area (Å²) in [6, 6.07) is 7.37. The summed E-state index contributed by atoms with van der Waals surface area (Å²) in [6.07, 6.45) is 3.99. The van der Waals surface area contributed by atoms with Crippen molar-refractivity contribution in [2.75, 3.05) is 6.54 Å². The molecule has 2 fully saturated rings. The highest BCUT2D eigenvalue weighted by Gasteiger charge is 2.36. The maximum Gasteiger partial charge on any atom is 0.226 e. The molecule has 1 amide bonds. The van der Waals surface area contributed by atoms with Crippen molar-refractivity contribution >= 4 is 18.3 Å². The molecule has 3 rings (SSSR count). The van der Waals surface area contributed by atoms with Crippen LogP contribution in [0, 0.1) is 11.7 Å². The van der Waals surface area contributed by atoms with Crippen molar-refractivity contribution in [2.24, 2.45) is 5.92 Å². The number of rotatable bonds is 4. The maximum atomic E-state index is 13.3.